The molecule has 1 rings (SSSR count). The molecule has 0 aliphatic carbocycles. The molecular weight excluding hydrogens is 265 g/mol. The van der Waals surface area contributed by atoms with E-state index in [2.05, 4.69) is 10.1 Å². The van der Waals surface area contributed by atoms with E-state index in [-0.39, 0.29) is 23.6 Å². The van der Waals surface area contributed by atoms with Gasteiger partial charge in [0.25, 0.3) is 0 Å². The van der Waals surface area contributed by atoms with Gasteiger partial charge in [-0.1, -0.05) is 5.16 Å². The van der Waals surface area contributed by atoms with Gasteiger partial charge in [-0.2, -0.15) is 13.2 Å². The second-order valence-electron chi connectivity index (χ2n) is 3.64. The highest BCUT2D eigenvalue weighted by Gasteiger charge is 2.31. The van der Waals surface area contributed by atoms with Crippen LogP contribution in [0, 0.1) is 0 Å². The number of nitrogens with two attached hydrogens (primary N) is 1. The number of nitrogens with zero attached hydrogens (tertiary/aromatic N) is 3. The maximum atomic E-state index is 12.5. The van der Waals surface area contributed by atoms with Crippen molar-refractivity contribution < 1.29 is 23.5 Å². The topological polar surface area (TPSA) is 95.0 Å². The van der Waals surface area contributed by atoms with E-state index in [0.717, 1.165) is 11.1 Å². The number of aliphatic hydroxyl groups is 1. The number of amidine groups is 1. The number of anilines is 1. The van der Waals surface area contributed by atoms with E-state index < -0.39 is 19.3 Å². The molecule has 0 bridgehead atoms. The zero-order chi connectivity index (χ0) is 14.5. The van der Waals surface area contributed by atoms with Crippen LogP contribution >= 0.6 is 0 Å². The first-order chi connectivity index (χ1) is 8.89. The molecule has 1 heterocycles. The fourth-order valence-electron chi connectivity index (χ4n) is 1.53. The monoisotopic (exact) mass is 278 g/mol. The summed E-state index contributed by atoms with van der Waals surface area (Å²) in [5.74, 6) is -0.331. The summed E-state index contributed by atoms with van der Waals surface area (Å²) in [6, 6.07) is 1.32. The van der Waals surface area contributed by atoms with Crippen LogP contribution in [0.15, 0.2) is 23.6 Å². The van der Waals surface area contributed by atoms with Crippen molar-refractivity contribution in [3.05, 3.63) is 24.0 Å². The van der Waals surface area contributed by atoms with Crippen molar-refractivity contribution in [2.45, 2.75) is 6.18 Å². The third kappa shape index (κ3) is 4.28. The lowest BCUT2D eigenvalue weighted by Gasteiger charge is -2.26. The summed E-state index contributed by atoms with van der Waals surface area (Å²) < 4.78 is 37.4. The summed E-state index contributed by atoms with van der Waals surface area (Å²) in [4.78, 5) is 4.57. The Bertz CT molecular complexity index is 451. The number of aromatic nitrogens is 1. The largest absolute Gasteiger partial charge is 0.409 e. The molecule has 0 saturated heterocycles. The predicted octanol–water partition coefficient (Wildman–Crippen LogP) is 0.537. The highest BCUT2D eigenvalue weighted by Crippen LogP contribution is 2.24. The van der Waals surface area contributed by atoms with Gasteiger partial charge in [0.1, 0.15) is 6.54 Å². The van der Waals surface area contributed by atoms with Gasteiger partial charge in [0.15, 0.2) is 5.84 Å². The average molecular weight is 278 g/mol. The van der Waals surface area contributed by atoms with E-state index in [9.17, 15) is 13.2 Å². The van der Waals surface area contributed by atoms with Crippen LogP contribution in [0.4, 0.5) is 18.9 Å². The molecule has 0 saturated carbocycles. The third-order valence-corrected chi connectivity index (χ3v) is 2.26. The van der Waals surface area contributed by atoms with Crippen LogP contribution in [0.3, 0.4) is 0 Å². The molecule has 106 valence electrons. The molecule has 0 aliphatic rings. The molecular formula is C10H13F3N4O2. The van der Waals surface area contributed by atoms with Gasteiger partial charge in [0.05, 0.1) is 18.5 Å². The highest BCUT2D eigenvalue weighted by molar-refractivity contribution is 6.02. The average Bonchev–Trinajstić information content (AvgIpc) is 2.36. The summed E-state index contributed by atoms with van der Waals surface area (Å²) in [6.45, 7) is -2.00. The Labute approximate surface area is 107 Å². The lowest BCUT2D eigenvalue weighted by atomic mass is 10.2. The molecule has 0 fully saturated rings. The van der Waals surface area contributed by atoms with Crippen LogP contribution in [0.25, 0.3) is 0 Å². The standard InChI is InChI=1S/C10H13F3N4O2/c11-10(12,13)6-17(3-4-18)8-5-15-2-1-7(8)9(14)16-19/h1-2,5,18-19H,3-4,6H2,(H2,14,16). The first-order valence-electron chi connectivity index (χ1n) is 5.23. The zero-order valence-corrected chi connectivity index (χ0v) is 9.80. The van der Waals surface area contributed by atoms with E-state index in [0.29, 0.717) is 0 Å². The number of hydrogen-bond acceptors (Lipinski definition) is 5. The van der Waals surface area contributed by atoms with Gasteiger partial charge in [-0.05, 0) is 6.07 Å². The number of hydrogen-bond donors (Lipinski definition) is 3. The van der Waals surface area contributed by atoms with Crippen molar-refractivity contribution in [2.24, 2.45) is 10.9 Å². The van der Waals surface area contributed by atoms with Crippen molar-refractivity contribution in [2.75, 3.05) is 24.6 Å². The number of oxime groups is 1. The Balaban J connectivity index is 3.15. The molecule has 19 heavy (non-hydrogen) atoms. The Morgan fingerprint density at radius 2 is 2.16 bits per heavy atom. The number of alkyl halides is 3. The van der Waals surface area contributed by atoms with Crippen LogP contribution in [0.1, 0.15) is 5.56 Å². The molecule has 9 heteroatoms. The lowest BCUT2D eigenvalue weighted by molar-refractivity contribution is -0.119. The van der Waals surface area contributed by atoms with Gasteiger partial charge < -0.3 is 20.9 Å². The minimum Gasteiger partial charge on any atom is -0.409 e. The first-order valence-corrected chi connectivity index (χ1v) is 5.23. The van der Waals surface area contributed by atoms with Crippen molar-refractivity contribution >= 4 is 11.5 Å². The minimum absolute atomic E-state index is 0.0316. The second-order valence-corrected chi connectivity index (χ2v) is 3.64. The molecule has 1 aromatic rings. The van der Waals surface area contributed by atoms with Gasteiger partial charge in [0.2, 0.25) is 0 Å². The summed E-state index contributed by atoms with van der Waals surface area (Å²) in [6.07, 6.45) is -1.98. The lowest BCUT2D eigenvalue weighted by Crippen LogP contribution is -2.37. The molecule has 0 aliphatic heterocycles. The molecule has 1 aromatic heterocycles. The maximum absolute atomic E-state index is 12.5. The van der Waals surface area contributed by atoms with Gasteiger partial charge >= 0.3 is 6.18 Å². The molecule has 0 spiro atoms. The normalized spacial score (nSPS) is 12.5. The SMILES string of the molecule is N/C(=N/O)c1ccncc1N(CCO)CC(F)(F)F. The molecule has 4 N–H and O–H groups in total. The number of halogens is 3. The molecule has 0 radical (unpaired) electrons. The van der Waals surface area contributed by atoms with Gasteiger partial charge in [-0.3, -0.25) is 4.98 Å². The Morgan fingerprint density at radius 3 is 2.68 bits per heavy atom. The zero-order valence-electron chi connectivity index (χ0n) is 9.80. The molecule has 0 unspecified atom stereocenters. The van der Waals surface area contributed by atoms with Crippen molar-refractivity contribution in [3.8, 4) is 0 Å². The maximum Gasteiger partial charge on any atom is 0.405 e. The minimum atomic E-state index is -4.45. The van der Waals surface area contributed by atoms with E-state index in [1.54, 1.807) is 0 Å². The van der Waals surface area contributed by atoms with Gasteiger partial charge in [-0.25, -0.2) is 0 Å². The summed E-state index contributed by atoms with van der Waals surface area (Å²) in [5, 5.41) is 20.2. The number of aliphatic hydroxyl groups excluding tert-OH is 1. The highest BCUT2D eigenvalue weighted by atomic mass is 19.4. The van der Waals surface area contributed by atoms with Crippen molar-refractivity contribution in [1.82, 2.24) is 4.98 Å². The van der Waals surface area contributed by atoms with E-state index >= 15 is 0 Å². The summed E-state index contributed by atoms with van der Waals surface area (Å²) in [5.41, 5.74) is 5.53. The van der Waals surface area contributed by atoms with Crippen LogP contribution < -0.4 is 10.6 Å². The smallest absolute Gasteiger partial charge is 0.405 e. The van der Waals surface area contributed by atoms with Crippen molar-refractivity contribution in [3.63, 3.8) is 0 Å². The van der Waals surface area contributed by atoms with E-state index in [1.807, 2.05) is 0 Å². The molecule has 0 aromatic carbocycles. The van der Waals surface area contributed by atoms with Crippen molar-refractivity contribution in [1.29, 1.82) is 0 Å². The third-order valence-electron chi connectivity index (χ3n) is 2.26. The van der Waals surface area contributed by atoms with E-state index in [1.165, 1.54) is 12.3 Å². The Kier molecular flexibility index (Phi) is 4.93. The quantitative estimate of drug-likeness (QED) is 0.316. The Hall–Kier alpha value is -2.03. The second kappa shape index (κ2) is 6.23. The predicted molar refractivity (Wildman–Crippen MR) is 62.1 cm³/mol. The number of pyridine rings is 1. The molecule has 6 nitrogen and oxygen atoms in total. The summed E-state index contributed by atoms with van der Waals surface area (Å²) in [7, 11) is 0. The van der Waals surface area contributed by atoms with Gasteiger partial charge in [-0.15, -0.1) is 0 Å². The van der Waals surface area contributed by atoms with Crippen LogP contribution in [0.5, 0.6) is 0 Å². The van der Waals surface area contributed by atoms with Crippen LogP contribution in [0.2, 0.25) is 0 Å². The van der Waals surface area contributed by atoms with Crippen LogP contribution in [-0.2, 0) is 0 Å². The molecule has 0 atom stereocenters. The summed E-state index contributed by atoms with van der Waals surface area (Å²) >= 11 is 0. The Morgan fingerprint density at radius 1 is 1.47 bits per heavy atom. The number of rotatable bonds is 5. The first kappa shape index (κ1) is 15.0. The van der Waals surface area contributed by atoms with E-state index in [4.69, 9.17) is 16.0 Å². The fourth-order valence-corrected chi connectivity index (χ4v) is 1.53. The fraction of sp³-hybridized carbons (Fsp3) is 0.400. The van der Waals surface area contributed by atoms with Gasteiger partial charge in [0, 0.05) is 18.3 Å². The molecule has 0 amide bonds. The van der Waals surface area contributed by atoms with Crippen LogP contribution in [-0.4, -0.2) is 47.0 Å².